The van der Waals surface area contributed by atoms with Crippen molar-refractivity contribution in [3.05, 3.63) is 23.8 Å². The molecule has 106 valence electrons. The number of carbonyl (C=O) groups excluding carboxylic acids is 1. The molecular weight excluding hydrogens is 244 g/mol. The fraction of sp³-hybridized carbons (Fsp3) is 0.500. The molecule has 0 fully saturated rings. The number of ether oxygens (including phenoxy) is 1. The molecule has 0 radical (unpaired) electrons. The van der Waals surface area contributed by atoms with Crippen molar-refractivity contribution in [3.8, 4) is 5.75 Å². The normalized spacial score (nSPS) is 12.2. The van der Waals surface area contributed by atoms with E-state index in [4.69, 9.17) is 15.6 Å². The number of anilines is 1. The van der Waals surface area contributed by atoms with Gasteiger partial charge in [-0.15, -0.1) is 0 Å². The van der Waals surface area contributed by atoms with E-state index in [0.29, 0.717) is 36.4 Å². The SMILES string of the molecule is CCC(NCCCO)C(=O)c1ccc(OC)c(N)c1. The van der Waals surface area contributed by atoms with E-state index < -0.39 is 0 Å². The maximum Gasteiger partial charge on any atom is 0.179 e. The zero-order valence-corrected chi connectivity index (χ0v) is 11.5. The van der Waals surface area contributed by atoms with Crippen LogP contribution in [0.4, 0.5) is 5.69 Å². The highest BCUT2D eigenvalue weighted by molar-refractivity contribution is 6.01. The number of nitrogen functional groups attached to an aromatic ring is 1. The van der Waals surface area contributed by atoms with Crippen LogP contribution in [-0.2, 0) is 0 Å². The lowest BCUT2D eigenvalue weighted by molar-refractivity contribution is 0.0939. The number of Topliss-reactive ketones (excluding diaryl/α,β-unsaturated/α-hetero) is 1. The van der Waals surface area contributed by atoms with E-state index in [1.165, 1.54) is 0 Å². The van der Waals surface area contributed by atoms with Crippen LogP contribution in [0, 0.1) is 0 Å². The third-order valence-corrected chi connectivity index (χ3v) is 2.96. The molecule has 0 saturated carbocycles. The molecule has 1 aromatic rings. The van der Waals surface area contributed by atoms with Gasteiger partial charge in [-0.3, -0.25) is 4.79 Å². The maximum absolute atomic E-state index is 12.3. The summed E-state index contributed by atoms with van der Waals surface area (Å²) >= 11 is 0. The first-order valence-corrected chi connectivity index (χ1v) is 6.46. The Morgan fingerprint density at radius 2 is 2.26 bits per heavy atom. The fourth-order valence-electron chi connectivity index (χ4n) is 1.87. The first-order chi connectivity index (χ1) is 9.13. The number of ketones is 1. The monoisotopic (exact) mass is 266 g/mol. The number of hydrogen-bond donors (Lipinski definition) is 3. The van der Waals surface area contributed by atoms with Crippen molar-refractivity contribution < 1.29 is 14.6 Å². The molecule has 0 aliphatic heterocycles. The molecular formula is C14H22N2O3. The molecule has 19 heavy (non-hydrogen) atoms. The van der Waals surface area contributed by atoms with E-state index in [2.05, 4.69) is 5.32 Å². The number of rotatable bonds is 8. The smallest absolute Gasteiger partial charge is 0.179 e. The molecule has 0 amide bonds. The van der Waals surface area contributed by atoms with Gasteiger partial charge in [-0.1, -0.05) is 6.92 Å². The van der Waals surface area contributed by atoms with Crippen molar-refractivity contribution in [2.75, 3.05) is 26.0 Å². The summed E-state index contributed by atoms with van der Waals surface area (Å²) in [6.07, 6.45) is 1.32. The Kier molecular flexibility index (Phi) is 6.32. The van der Waals surface area contributed by atoms with Crippen LogP contribution in [0.1, 0.15) is 30.1 Å². The van der Waals surface area contributed by atoms with Gasteiger partial charge in [0.1, 0.15) is 5.75 Å². The summed E-state index contributed by atoms with van der Waals surface area (Å²) in [5, 5.41) is 11.9. The highest BCUT2D eigenvalue weighted by atomic mass is 16.5. The van der Waals surface area contributed by atoms with Crippen LogP contribution in [0.25, 0.3) is 0 Å². The summed E-state index contributed by atoms with van der Waals surface area (Å²) in [7, 11) is 1.54. The van der Waals surface area contributed by atoms with Crippen LogP contribution in [0.2, 0.25) is 0 Å². The number of hydrogen-bond acceptors (Lipinski definition) is 5. The Hall–Kier alpha value is -1.59. The molecule has 1 unspecified atom stereocenters. The number of aliphatic hydroxyl groups is 1. The lowest BCUT2D eigenvalue weighted by Gasteiger charge is -2.16. The summed E-state index contributed by atoms with van der Waals surface area (Å²) in [5.74, 6) is 0.577. The van der Waals surface area contributed by atoms with Gasteiger partial charge in [0, 0.05) is 12.2 Å². The lowest BCUT2D eigenvalue weighted by Crippen LogP contribution is -2.37. The third kappa shape index (κ3) is 4.22. The Morgan fingerprint density at radius 3 is 2.79 bits per heavy atom. The van der Waals surface area contributed by atoms with Crippen LogP contribution in [0.15, 0.2) is 18.2 Å². The van der Waals surface area contributed by atoms with Gasteiger partial charge >= 0.3 is 0 Å². The number of nitrogens with two attached hydrogens (primary N) is 1. The summed E-state index contributed by atoms with van der Waals surface area (Å²) in [6, 6.07) is 4.80. The van der Waals surface area contributed by atoms with Crippen molar-refractivity contribution in [1.29, 1.82) is 0 Å². The first kappa shape index (κ1) is 15.5. The van der Waals surface area contributed by atoms with Crippen molar-refractivity contribution in [2.24, 2.45) is 0 Å². The number of benzene rings is 1. The molecule has 0 aliphatic rings. The van der Waals surface area contributed by atoms with Crippen molar-refractivity contribution in [2.45, 2.75) is 25.8 Å². The molecule has 1 atom stereocenters. The molecule has 1 aromatic carbocycles. The number of methoxy groups -OCH3 is 1. The lowest BCUT2D eigenvalue weighted by atomic mass is 10.0. The number of carbonyl (C=O) groups is 1. The fourth-order valence-corrected chi connectivity index (χ4v) is 1.87. The largest absolute Gasteiger partial charge is 0.495 e. The highest BCUT2D eigenvalue weighted by Gasteiger charge is 2.18. The standard InChI is InChI=1S/C14H22N2O3/c1-3-12(16-7-4-8-17)14(18)10-5-6-13(19-2)11(15)9-10/h5-6,9,12,16-17H,3-4,7-8,15H2,1-2H3. The van der Waals surface area contributed by atoms with Gasteiger partial charge in [-0.05, 0) is 37.6 Å². The van der Waals surface area contributed by atoms with Gasteiger partial charge in [-0.2, -0.15) is 0 Å². The minimum atomic E-state index is -0.251. The molecule has 0 bridgehead atoms. The Morgan fingerprint density at radius 1 is 1.53 bits per heavy atom. The van der Waals surface area contributed by atoms with Gasteiger partial charge in [-0.25, -0.2) is 0 Å². The van der Waals surface area contributed by atoms with Crippen LogP contribution in [-0.4, -0.2) is 37.2 Å². The van der Waals surface area contributed by atoms with E-state index in [1.54, 1.807) is 25.3 Å². The molecule has 0 saturated heterocycles. The Balaban J connectivity index is 2.76. The number of aliphatic hydroxyl groups excluding tert-OH is 1. The highest BCUT2D eigenvalue weighted by Crippen LogP contribution is 2.22. The van der Waals surface area contributed by atoms with Crippen LogP contribution in [0.3, 0.4) is 0 Å². The third-order valence-electron chi connectivity index (χ3n) is 2.96. The van der Waals surface area contributed by atoms with Crippen LogP contribution >= 0.6 is 0 Å². The molecule has 0 aliphatic carbocycles. The minimum Gasteiger partial charge on any atom is -0.495 e. The summed E-state index contributed by atoms with van der Waals surface area (Å²) in [5.41, 5.74) is 6.83. The first-order valence-electron chi connectivity index (χ1n) is 6.46. The second-order valence-corrected chi connectivity index (χ2v) is 4.31. The van der Waals surface area contributed by atoms with Crippen molar-refractivity contribution >= 4 is 11.5 Å². The average Bonchev–Trinajstić information content (AvgIpc) is 2.43. The topological polar surface area (TPSA) is 84.6 Å². The summed E-state index contributed by atoms with van der Waals surface area (Å²) in [6.45, 7) is 2.68. The van der Waals surface area contributed by atoms with E-state index >= 15 is 0 Å². The second-order valence-electron chi connectivity index (χ2n) is 4.31. The van der Waals surface area contributed by atoms with Gasteiger partial charge in [0.25, 0.3) is 0 Å². The van der Waals surface area contributed by atoms with Crippen molar-refractivity contribution in [3.63, 3.8) is 0 Å². The Labute approximate surface area is 113 Å². The summed E-state index contributed by atoms with van der Waals surface area (Å²) in [4.78, 5) is 12.3. The van der Waals surface area contributed by atoms with E-state index in [-0.39, 0.29) is 18.4 Å². The molecule has 1 rings (SSSR count). The average molecular weight is 266 g/mol. The second kappa shape index (κ2) is 7.76. The quantitative estimate of drug-likeness (QED) is 0.374. The molecule has 4 N–H and O–H groups in total. The van der Waals surface area contributed by atoms with Crippen molar-refractivity contribution in [1.82, 2.24) is 5.32 Å². The summed E-state index contributed by atoms with van der Waals surface area (Å²) < 4.78 is 5.07. The van der Waals surface area contributed by atoms with E-state index in [1.807, 2.05) is 6.92 Å². The van der Waals surface area contributed by atoms with Crippen LogP contribution in [0.5, 0.6) is 5.75 Å². The van der Waals surface area contributed by atoms with Gasteiger partial charge in [0.15, 0.2) is 5.78 Å². The van der Waals surface area contributed by atoms with Gasteiger partial charge in [0.2, 0.25) is 0 Å². The van der Waals surface area contributed by atoms with Gasteiger partial charge < -0.3 is 20.9 Å². The molecule has 0 aromatic heterocycles. The zero-order valence-electron chi connectivity index (χ0n) is 11.5. The Bertz CT molecular complexity index is 421. The predicted molar refractivity (Wildman–Crippen MR) is 75.5 cm³/mol. The molecule has 0 spiro atoms. The zero-order chi connectivity index (χ0) is 14.3. The van der Waals surface area contributed by atoms with Gasteiger partial charge in [0.05, 0.1) is 18.8 Å². The number of nitrogens with one attached hydrogen (secondary N) is 1. The predicted octanol–water partition coefficient (Wildman–Crippen LogP) is 1.21. The molecule has 0 heterocycles. The minimum absolute atomic E-state index is 0.00907. The molecule has 5 heteroatoms. The van der Waals surface area contributed by atoms with E-state index in [9.17, 15) is 4.79 Å². The maximum atomic E-state index is 12.3. The van der Waals surface area contributed by atoms with E-state index in [0.717, 1.165) is 0 Å². The van der Waals surface area contributed by atoms with Crippen LogP contribution < -0.4 is 15.8 Å². The molecule has 5 nitrogen and oxygen atoms in total.